The molecule has 0 atom stereocenters. The smallest absolute Gasteiger partial charge is 0.411 e. The van der Waals surface area contributed by atoms with Gasteiger partial charge < -0.3 is 10.1 Å². The van der Waals surface area contributed by atoms with Crippen molar-refractivity contribution in [3.05, 3.63) is 58.3 Å². The van der Waals surface area contributed by atoms with Crippen LogP contribution in [0, 0.1) is 5.82 Å². The van der Waals surface area contributed by atoms with E-state index in [-0.39, 0.29) is 5.82 Å². The van der Waals surface area contributed by atoms with E-state index in [0.717, 1.165) is 11.3 Å². The molecule has 4 nitrogen and oxygen atoms in total. The highest BCUT2D eigenvalue weighted by molar-refractivity contribution is 9.10. The maximum Gasteiger partial charge on any atom is 0.411 e. The Kier molecular flexibility index (Phi) is 5.16. The first-order chi connectivity index (χ1) is 10.1. The monoisotopic (exact) mass is 352 g/mol. The molecule has 0 aliphatic rings. The molecule has 21 heavy (non-hydrogen) atoms. The quantitative estimate of drug-likeness (QED) is 0.858. The molecule has 0 spiro atoms. The van der Waals surface area contributed by atoms with Crippen LogP contribution >= 0.6 is 15.9 Å². The summed E-state index contributed by atoms with van der Waals surface area (Å²) in [6.07, 6.45) is -0.526. The van der Waals surface area contributed by atoms with Crippen molar-refractivity contribution in [2.75, 3.05) is 17.7 Å². The lowest BCUT2D eigenvalue weighted by Crippen LogP contribution is -2.11. The maximum absolute atomic E-state index is 13.4. The van der Waals surface area contributed by atoms with Crippen molar-refractivity contribution in [2.24, 2.45) is 0 Å². The summed E-state index contributed by atoms with van der Waals surface area (Å²) in [7, 11) is 1.31. The zero-order chi connectivity index (χ0) is 15.2. The summed E-state index contributed by atoms with van der Waals surface area (Å²) < 4.78 is 18.4. The van der Waals surface area contributed by atoms with E-state index < -0.39 is 6.09 Å². The highest BCUT2D eigenvalue weighted by Crippen LogP contribution is 2.19. The Morgan fingerprint density at radius 1 is 1.24 bits per heavy atom. The van der Waals surface area contributed by atoms with Crippen LogP contribution in [0.25, 0.3) is 0 Å². The van der Waals surface area contributed by atoms with Crippen LogP contribution in [-0.4, -0.2) is 13.2 Å². The van der Waals surface area contributed by atoms with E-state index in [1.807, 2.05) is 12.1 Å². The van der Waals surface area contributed by atoms with Crippen LogP contribution in [0.2, 0.25) is 0 Å². The van der Waals surface area contributed by atoms with Crippen LogP contribution in [0.4, 0.5) is 20.6 Å². The Bertz CT molecular complexity index is 649. The minimum absolute atomic E-state index is 0.296. The predicted molar refractivity (Wildman–Crippen MR) is 83.9 cm³/mol. The summed E-state index contributed by atoms with van der Waals surface area (Å²) in [5.74, 6) is -0.296. The van der Waals surface area contributed by atoms with E-state index in [0.29, 0.717) is 16.7 Å². The minimum atomic E-state index is -0.526. The van der Waals surface area contributed by atoms with Gasteiger partial charge in [0, 0.05) is 17.9 Å². The van der Waals surface area contributed by atoms with Crippen LogP contribution in [0.5, 0.6) is 0 Å². The van der Waals surface area contributed by atoms with Gasteiger partial charge in [-0.3, -0.25) is 5.32 Å². The van der Waals surface area contributed by atoms with Crippen molar-refractivity contribution in [1.82, 2.24) is 0 Å². The van der Waals surface area contributed by atoms with Crippen molar-refractivity contribution in [2.45, 2.75) is 6.54 Å². The van der Waals surface area contributed by atoms with Gasteiger partial charge in [0.2, 0.25) is 0 Å². The van der Waals surface area contributed by atoms with Gasteiger partial charge in [-0.2, -0.15) is 0 Å². The molecule has 2 rings (SSSR count). The number of amides is 1. The average Bonchev–Trinajstić information content (AvgIpc) is 2.49. The van der Waals surface area contributed by atoms with Crippen LogP contribution in [0.1, 0.15) is 5.56 Å². The summed E-state index contributed by atoms with van der Waals surface area (Å²) in [5.41, 5.74) is 2.25. The zero-order valence-electron chi connectivity index (χ0n) is 11.3. The van der Waals surface area contributed by atoms with E-state index in [1.54, 1.807) is 24.3 Å². The van der Waals surface area contributed by atoms with E-state index >= 15 is 0 Å². The standard InChI is InChI=1S/C15H14BrFN2O2/c1-21-15(20)19-12-4-2-3-11(8-12)18-9-10-5-6-13(16)14(17)7-10/h2-8,18H,9H2,1H3,(H,19,20). The first-order valence-electron chi connectivity index (χ1n) is 6.21. The number of carbonyl (C=O) groups excluding carboxylic acids is 1. The van der Waals surface area contributed by atoms with Crippen molar-refractivity contribution in [3.8, 4) is 0 Å². The van der Waals surface area contributed by atoms with Gasteiger partial charge in [-0.1, -0.05) is 12.1 Å². The molecule has 0 aromatic heterocycles. The molecule has 0 aliphatic heterocycles. The molecule has 0 saturated carbocycles. The molecule has 6 heteroatoms. The molecule has 2 aromatic rings. The van der Waals surface area contributed by atoms with Gasteiger partial charge in [-0.05, 0) is 51.8 Å². The van der Waals surface area contributed by atoms with Gasteiger partial charge in [-0.25, -0.2) is 9.18 Å². The average molecular weight is 353 g/mol. The van der Waals surface area contributed by atoms with Crippen LogP contribution < -0.4 is 10.6 Å². The summed E-state index contributed by atoms with van der Waals surface area (Å²) in [4.78, 5) is 11.1. The molecule has 0 heterocycles. The predicted octanol–water partition coefficient (Wildman–Crippen LogP) is 4.38. The number of nitrogens with one attached hydrogen (secondary N) is 2. The number of benzene rings is 2. The highest BCUT2D eigenvalue weighted by Gasteiger charge is 2.03. The lowest BCUT2D eigenvalue weighted by Gasteiger charge is -2.09. The number of methoxy groups -OCH3 is 1. The molecule has 0 radical (unpaired) electrons. The van der Waals surface area contributed by atoms with Gasteiger partial charge in [0.25, 0.3) is 0 Å². The second kappa shape index (κ2) is 7.08. The molecule has 0 bridgehead atoms. The van der Waals surface area contributed by atoms with Crippen LogP contribution in [0.3, 0.4) is 0 Å². The summed E-state index contributed by atoms with van der Waals surface area (Å²) >= 11 is 3.12. The zero-order valence-corrected chi connectivity index (χ0v) is 12.9. The number of anilines is 2. The van der Waals surface area contributed by atoms with E-state index in [9.17, 15) is 9.18 Å². The maximum atomic E-state index is 13.4. The SMILES string of the molecule is COC(=O)Nc1cccc(NCc2ccc(Br)c(F)c2)c1. The van der Waals surface area contributed by atoms with Crippen molar-refractivity contribution in [1.29, 1.82) is 0 Å². The van der Waals surface area contributed by atoms with Gasteiger partial charge in [0.05, 0.1) is 11.6 Å². The van der Waals surface area contributed by atoms with Gasteiger partial charge in [0.15, 0.2) is 0 Å². The van der Waals surface area contributed by atoms with E-state index in [2.05, 4.69) is 31.3 Å². The van der Waals surface area contributed by atoms with Gasteiger partial charge in [0.1, 0.15) is 5.82 Å². The Labute approximate surface area is 130 Å². The van der Waals surface area contributed by atoms with Crippen molar-refractivity contribution >= 4 is 33.4 Å². The number of rotatable bonds is 4. The summed E-state index contributed by atoms with van der Waals surface area (Å²) in [6, 6.07) is 12.1. The Hall–Kier alpha value is -2.08. The summed E-state index contributed by atoms with van der Waals surface area (Å²) in [6.45, 7) is 0.478. The normalized spacial score (nSPS) is 10.0. The molecule has 0 unspecified atom stereocenters. The highest BCUT2D eigenvalue weighted by atomic mass is 79.9. The number of carbonyl (C=O) groups is 1. The van der Waals surface area contributed by atoms with Gasteiger partial charge in [-0.15, -0.1) is 0 Å². The fraction of sp³-hybridized carbons (Fsp3) is 0.133. The Balaban J connectivity index is 2.01. The number of hydrogen-bond donors (Lipinski definition) is 2. The van der Waals surface area contributed by atoms with Crippen molar-refractivity contribution in [3.63, 3.8) is 0 Å². The molecular formula is C15H14BrFN2O2. The lowest BCUT2D eigenvalue weighted by molar-refractivity contribution is 0.187. The van der Waals surface area contributed by atoms with E-state index in [1.165, 1.54) is 13.2 Å². The third-order valence-corrected chi connectivity index (χ3v) is 3.42. The van der Waals surface area contributed by atoms with Crippen LogP contribution in [-0.2, 0) is 11.3 Å². The second-order valence-electron chi connectivity index (χ2n) is 4.30. The third kappa shape index (κ3) is 4.46. The first kappa shape index (κ1) is 15.3. The number of halogens is 2. The first-order valence-corrected chi connectivity index (χ1v) is 7.00. The molecule has 2 aromatic carbocycles. The molecule has 0 aliphatic carbocycles. The third-order valence-electron chi connectivity index (χ3n) is 2.78. The fourth-order valence-electron chi connectivity index (χ4n) is 1.73. The number of hydrogen-bond acceptors (Lipinski definition) is 3. The minimum Gasteiger partial charge on any atom is -0.453 e. The molecular weight excluding hydrogens is 339 g/mol. The molecule has 110 valence electrons. The van der Waals surface area contributed by atoms with Crippen LogP contribution in [0.15, 0.2) is 46.9 Å². The van der Waals surface area contributed by atoms with Crippen molar-refractivity contribution < 1.29 is 13.9 Å². The van der Waals surface area contributed by atoms with E-state index in [4.69, 9.17) is 0 Å². The Morgan fingerprint density at radius 3 is 2.71 bits per heavy atom. The lowest BCUT2D eigenvalue weighted by atomic mass is 10.2. The summed E-state index contributed by atoms with van der Waals surface area (Å²) in [5, 5.41) is 5.74. The Morgan fingerprint density at radius 2 is 2.00 bits per heavy atom. The van der Waals surface area contributed by atoms with Gasteiger partial charge >= 0.3 is 6.09 Å². The molecule has 1 amide bonds. The fourth-order valence-corrected chi connectivity index (χ4v) is 1.98. The molecule has 0 fully saturated rings. The molecule has 0 saturated heterocycles. The number of ether oxygens (including phenoxy) is 1. The molecule has 2 N–H and O–H groups in total. The topological polar surface area (TPSA) is 50.4 Å². The second-order valence-corrected chi connectivity index (χ2v) is 5.15. The largest absolute Gasteiger partial charge is 0.453 e.